The zero-order chi connectivity index (χ0) is 20.1. The average molecular weight is 491 g/mol. The molecule has 0 amide bonds. The molecule has 1 fully saturated rings. The molecule has 2 rings (SSSR count). The Morgan fingerprint density at radius 2 is 1.43 bits per heavy atom. The Kier molecular flexibility index (Phi) is 11.9. The van der Waals surface area contributed by atoms with Crippen LogP contribution in [0.25, 0.3) is 0 Å². The molecule has 0 bridgehead atoms. The van der Waals surface area contributed by atoms with Gasteiger partial charge in [-0.25, -0.2) is 0 Å². The van der Waals surface area contributed by atoms with Gasteiger partial charge in [0, 0.05) is 0 Å². The van der Waals surface area contributed by atoms with Gasteiger partial charge >= 0.3 is 180 Å². The molecule has 0 unspecified atom stereocenters. The SMILES string of the molecule is CCC[CH2][Sn]([CH2]/C=C/CCC[C@H]1O[C@@H]1c1ccccc1)([CH2]CCC)[CH2]CCC. The number of hydrogen-bond acceptors (Lipinski definition) is 1. The maximum absolute atomic E-state index is 5.88. The third-order valence-electron chi connectivity index (χ3n) is 6.47. The molecule has 0 radical (unpaired) electrons. The second kappa shape index (κ2) is 13.9. The van der Waals surface area contributed by atoms with Crippen LogP contribution in [-0.4, -0.2) is 24.5 Å². The molecule has 1 heterocycles. The first-order valence-electron chi connectivity index (χ1n) is 12.1. The standard InChI is InChI=1S/C14H17O.3C4H9.Sn/c1-2-3-4-8-11-13-14(15-13)12-9-6-5-7-10-12;3*1-3-4-2;/h2-3,5-7,9-10,13-14H,1,4,8,11H2;3*1,3-4H2,2H3;/b3-2+;;;;/t13-,14-;;;;/m1..../s1. The van der Waals surface area contributed by atoms with Crippen LogP contribution in [0.4, 0.5) is 0 Å². The summed E-state index contributed by atoms with van der Waals surface area (Å²) in [7, 11) is 0. The molecule has 1 aromatic carbocycles. The van der Waals surface area contributed by atoms with Crippen LogP contribution in [0.3, 0.4) is 0 Å². The van der Waals surface area contributed by atoms with Crippen molar-refractivity contribution in [3.8, 4) is 0 Å². The van der Waals surface area contributed by atoms with Gasteiger partial charge in [0.1, 0.15) is 0 Å². The molecule has 0 aromatic heterocycles. The molecule has 158 valence electrons. The molecule has 0 spiro atoms. The third kappa shape index (κ3) is 8.61. The molecule has 0 N–H and O–H groups in total. The number of benzene rings is 1. The van der Waals surface area contributed by atoms with Crippen molar-refractivity contribution in [2.24, 2.45) is 0 Å². The molecule has 1 aromatic rings. The fourth-order valence-electron chi connectivity index (χ4n) is 4.52. The summed E-state index contributed by atoms with van der Waals surface area (Å²) in [6.45, 7) is 7.11. The van der Waals surface area contributed by atoms with Crippen LogP contribution in [0.1, 0.15) is 90.2 Å². The van der Waals surface area contributed by atoms with E-state index in [-0.39, 0.29) is 0 Å². The summed E-state index contributed by atoms with van der Waals surface area (Å²) < 4.78 is 12.3. The first kappa shape index (κ1) is 24.0. The Morgan fingerprint density at radius 1 is 0.821 bits per heavy atom. The van der Waals surface area contributed by atoms with Gasteiger partial charge in [0.25, 0.3) is 0 Å². The predicted molar refractivity (Wildman–Crippen MR) is 127 cm³/mol. The van der Waals surface area contributed by atoms with Crippen molar-refractivity contribution < 1.29 is 4.74 Å². The van der Waals surface area contributed by atoms with Crippen LogP contribution < -0.4 is 0 Å². The summed E-state index contributed by atoms with van der Waals surface area (Å²) >= 11 is -1.94. The molecule has 28 heavy (non-hydrogen) atoms. The van der Waals surface area contributed by atoms with Gasteiger partial charge in [-0.3, -0.25) is 0 Å². The molecular weight excluding hydrogens is 447 g/mol. The zero-order valence-electron chi connectivity index (χ0n) is 18.8. The summed E-state index contributed by atoms with van der Waals surface area (Å²) in [4.78, 5) is 0. The van der Waals surface area contributed by atoms with Gasteiger partial charge in [0.15, 0.2) is 0 Å². The molecule has 2 atom stereocenters. The van der Waals surface area contributed by atoms with Crippen LogP contribution in [-0.2, 0) is 4.74 Å². The van der Waals surface area contributed by atoms with Crippen LogP contribution in [0.15, 0.2) is 42.5 Å². The van der Waals surface area contributed by atoms with Crippen molar-refractivity contribution in [2.45, 2.75) is 109 Å². The number of allylic oxidation sites excluding steroid dienone is 2. The number of epoxide rings is 1. The van der Waals surface area contributed by atoms with E-state index < -0.39 is 18.4 Å². The molecule has 1 aliphatic rings. The van der Waals surface area contributed by atoms with Crippen molar-refractivity contribution >= 4 is 18.4 Å². The molecule has 0 saturated carbocycles. The van der Waals surface area contributed by atoms with E-state index in [0.29, 0.717) is 12.2 Å². The van der Waals surface area contributed by atoms with Crippen molar-refractivity contribution in [3.05, 3.63) is 48.0 Å². The summed E-state index contributed by atoms with van der Waals surface area (Å²) in [6, 6.07) is 10.7. The predicted octanol–water partition coefficient (Wildman–Crippen LogP) is 8.70. The first-order chi connectivity index (χ1) is 13.7. The van der Waals surface area contributed by atoms with Gasteiger partial charge in [-0.2, -0.15) is 0 Å². The quantitative estimate of drug-likeness (QED) is 0.0975. The van der Waals surface area contributed by atoms with Crippen molar-refractivity contribution in [1.29, 1.82) is 0 Å². The first-order valence-corrected chi connectivity index (χ1v) is 20.2. The van der Waals surface area contributed by atoms with Gasteiger partial charge in [-0.1, -0.05) is 0 Å². The Labute approximate surface area is 179 Å². The summed E-state index contributed by atoms with van der Waals surface area (Å²) in [5.74, 6) is 0. The minimum absolute atomic E-state index is 0.367. The third-order valence-corrected chi connectivity index (χ3v) is 21.7. The monoisotopic (exact) mass is 492 g/mol. The maximum atomic E-state index is 5.88. The van der Waals surface area contributed by atoms with E-state index >= 15 is 0 Å². The zero-order valence-corrected chi connectivity index (χ0v) is 21.7. The van der Waals surface area contributed by atoms with E-state index in [2.05, 4.69) is 63.3 Å². The number of rotatable bonds is 16. The number of unbranched alkanes of at least 4 members (excludes halogenated alkanes) is 4. The fourth-order valence-corrected chi connectivity index (χ4v) is 19.8. The van der Waals surface area contributed by atoms with Gasteiger partial charge < -0.3 is 0 Å². The Morgan fingerprint density at radius 3 is 2.00 bits per heavy atom. The molecular formula is C26H44OSn. The van der Waals surface area contributed by atoms with Crippen molar-refractivity contribution in [1.82, 2.24) is 0 Å². The average Bonchev–Trinajstić information content (AvgIpc) is 3.51. The Hall–Kier alpha value is -0.281. The van der Waals surface area contributed by atoms with E-state index in [0.717, 1.165) is 0 Å². The van der Waals surface area contributed by atoms with Crippen LogP contribution >= 0.6 is 0 Å². The molecule has 0 aliphatic carbocycles. The van der Waals surface area contributed by atoms with Crippen molar-refractivity contribution in [3.63, 3.8) is 0 Å². The molecule has 1 aliphatic heterocycles. The summed E-state index contributed by atoms with van der Waals surface area (Å²) in [5.41, 5.74) is 1.35. The van der Waals surface area contributed by atoms with E-state index in [1.807, 2.05) is 0 Å². The molecule has 2 heteroatoms. The second-order valence-corrected chi connectivity index (χ2v) is 22.9. The summed E-state index contributed by atoms with van der Waals surface area (Å²) in [5, 5.41) is 0. The van der Waals surface area contributed by atoms with E-state index in [9.17, 15) is 0 Å². The van der Waals surface area contributed by atoms with Crippen molar-refractivity contribution in [2.75, 3.05) is 0 Å². The normalized spacial score (nSPS) is 19.4. The molecule has 1 nitrogen and oxygen atoms in total. The van der Waals surface area contributed by atoms with Gasteiger partial charge in [0.2, 0.25) is 0 Å². The van der Waals surface area contributed by atoms with E-state index in [1.165, 1.54) is 67.8 Å². The van der Waals surface area contributed by atoms with Gasteiger partial charge in [0.05, 0.1) is 0 Å². The van der Waals surface area contributed by atoms with Crippen LogP contribution in [0.2, 0.25) is 17.7 Å². The van der Waals surface area contributed by atoms with E-state index in [4.69, 9.17) is 4.74 Å². The topological polar surface area (TPSA) is 12.5 Å². The Bertz CT molecular complexity index is 517. The minimum atomic E-state index is -1.94. The molecule has 1 saturated heterocycles. The Balaban J connectivity index is 1.72. The fraction of sp³-hybridized carbons (Fsp3) is 0.692. The van der Waals surface area contributed by atoms with E-state index in [1.54, 1.807) is 13.3 Å². The second-order valence-electron chi connectivity index (χ2n) is 8.92. The van der Waals surface area contributed by atoms with Gasteiger partial charge in [-0.05, 0) is 0 Å². The number of ether oxygens (including phenoxy) is 1. The van der Waals surface area contributed by atoms with Crippen LogP contribution in [0, 0.1) is 0 Å². The van der Waals surface area contributed by atoms with Crippen LogP contribution in [0.5, 0.6) is 0 Å². The van der Waals surface area contributed by atoms with Gasteiger partial charge in [-0.15, -0.1) is 0 Å². The summed E-state index contributed by atoms with van der Waals surface area (Å²) in [6.07, 6.45) is 18.3. The number of hydrogen-bond donors (Lipinski definition) is 0.